The fourth-order valence-corrected chi connectivity index (χ4v) is 2.71. The molecule has 1 aromatic rings. The minimum atomic E-state index is 0.189. The number of nitrogens with one attached hydrogen (secondary N) is 2. The van der Waals surface area contributed by atoms with Crippen LogP contribution in [-0.4, -0.2) is 25.0 Å². The van der Waals surface area contributed by atoms with Crippen LogP contribution in [0.25, 0.3) is 0 Å². The Morgan fingerprint density at radius 2 is 2.32 bits per heavy atom. The van der Waals surface area contributed by atoms with Crippen LogP contribution < -0.4 is 10.6 Å². The van der Waals surface area contributed by atoms with Crippen LogP contribution in [0.3, 0.4) is 0 Å². The number of benzene rings is 1. The summed E-state index contributed by atoms with van der Waals surface area (Å²) in [4.78, 5) is 12.1. The topological polar surface area (TPSA) is 41.1 Å². The van der Waals surface area contributed by atoms with Gasteiger partial charge in [0, 0.05) is 18.5 Å². The molecule has 1 aromatic carbocycles. The lowest BCUT2D eigenvalue weighted by molar-refractivity contribution is -0.126. The molecule has 0 spiro atoms. The zero-order chi connectivity index (χ0) is 13.7. The molecule has 0 saturated carbocycles. The van der Waals surface area contributed by atoms with Gasteiger partial charge in [-0.3, -0.25) is 4.79 Å². The van der Waals surface area contributed by atoms with E-state index in [-0.39, 0.29) is 11.8 Å². The first kappa shape index (κ1) is 14.1. The Kier molecular flexibility index (Phi) is 4.97. The van der Waals surface area contributed by atoms with Crippen LogP contribution in [0.5, 0.6) is 0 Å². The number of hydrogen-bond donors (Lipinski definition) is 2. The number of amides is 1. The van der Waals surface area contributed by atoms with Crippen molar-refractivity contribution in [3.05, 3.63) is 35.4 Å². The van der Waals surface area contributed by atoms with Crippen LogP contribution in [-0.2, 0) is 11.2 Å². The van der Waals surface area contributed by atoms with Crippen LogP contribution in [0, 0.1) is 12.8 Å². The minimum absolute atomic E-state index is 0.189. The van der Waals surface area contributed by atoms with Crippen molar-refractivity contribution in [2.24, 2.45) is 5.92 Å². The zero-order valence-electron chi connectivity index (χ0n) is 11.9. The highest BCUT2D eigenvalue weighted by Crippen LogP contribution is 2.15. The molecule has 0 radical (unpaired) electrons. The van der Waals surface area contributed by atoms with Gasteiger partial charge >= 0.3 is 0 Å². The van der Waals surface area contributed by atoms with Crippen molar-refractivity contribution in [2.45, 2.75) is 39.2 Å². The summed E-state index contributed by atoms with van der Waals surface area (Å²) in [5, 5.41) is 6.45. The van der Waals surface area contributed by atoms with E-state index in [0.29, 0.717) is 6.04 Å². The maximum Gasteiger partial charge on any atom is 0.223 e. The van der Waals surface area contributed by atoms with E-state index in [1.807, 2.05) is 0 Å². The summed E-state index contributed by atoms with van der Waals surface area (Å²) < 4.78 is 0. The minimum Gasteiger partial charge on any atom is -0.356 e. The van der Waals surface area contributed by atoms with Crippen molar-refractivity contribution in [1.29, 1.82) is 0 Å². The van der Waals surface area contributed by atoms with Crippen molar-refractivity contribution in [3.8, 4) is 0 Å². The average molecular weight is 260 g/mol. The van der Waals surface area contributed by atoms with E-state index in [0.717, 1.165) is 32.4 Å². The van der Waals surface area contributed by atoms with Gasteiger partial charge < -0.3 is 10.6 Å². The lowest BCUT2D eigenvalue weighted by Gasteiger charge is -2.27. The van der Waals surface area contributed by atoms with Crippen molar-refractivity contribution < 1.29 is 4.79 Å². The molecule has 3 heteroatoms. The molecule has 1 saturated heterocycles. The summed E-state index contributed by atoms with van der Waals surface area (Å²) in [6.45, 7) is 5.93. The van der Waals surface area contributed by atoms with Gasteiger partial charge in [0.05, 0.1) is 0 Å². The number of hydrogen-bond acceptors (Lipinski definition) is 2. The second-order valence-corrected chi connectivity index (χ2v) is 5.61. The van der Waals surface area contributed by atoms with Gasteiger partial charge in [0.2, 0.25) is 5.91 Å². The maximum absolute atomic E-state index is 12.1. The molecule has 2 N–H and O–H groups in total. The van der Waals surface area contributed by atoms with Gasteiger partial charge in [-0.25, -0.2) is 0 Å². The fraction of sp³-hybridized carbons (Fsp3) is 0.562. The molecule has 3 nitrogen and oxygen atoms in total. The van der Waals surface area contributed by atoms with Crippen LogP contribution in [0.4, 0.5) is 0 Å². The van der Waals surface area contributed by atoms with E-state index in [9.17, 15) is 4.79 Å². The quantitative estimate of drug-likeness (QED) is 0.870. The Balaban J connectivity index is 1.74. The summed E-state index contributed by atoms with van der Waals surface area (Å²) >= 11 is 0. The molecule has 1 heterocycles. The zero-order valence-corrected chi connectivity index (χ0v) is 11.9. The molecule has 2 rings (SSSR count). The second-order valence-electron chi connectivity index (χ2n) is 5.61. The Labute approximate surface area is 115 Å². The van der Waals surface area contributed by atoms with E-state index in [4.69, 9.17) is 0 Å². The maximum atomic E-state index is 12.1. The highest BCUT2D eigenvalue weighted by Gasteiger charge is 2.24. The molecule has 0 aliphatic carbocycles. The van der Waals surface area contributed by atoms with Gasteiger partial charge in [-0.2, -0.15) is 0 Å². The van der Waals surface area contributed by atoms with Crippen molar-refractivity contribution in [1.82, 2.24) is 10.6 Å². The predicted octanol–water partition coefficient (Wildman–Crippen LogP) is 2.04. The Hall–Kier alpha value is -1.35. The van der Waals surface area contributed by atoms with Crippen LogP contribution in [0.15, 0.2) is 24.3 Å². The third-order valence-electron chi connectivity index (χ3n) is 3.79. The van der Waals surface area contributed by atoms with Gasteiger partial charge in [-0.05, 0) is 45.2 Å². The van der Waals surface area contributed by atoms with Gasteiger partial charge in [0.15, 0.2) is 0 Å². The van der Waals surface area contributed by atoms with E-state index in [2.05, 4.69) is 48.7 Å². The molecule has 1 aliphatic heterocycles. The molecule has 2 atom stereocenters. The fourth-order valence-electron chi connectivity index (χ4n) is 2.71. The number of piperidine rings is 1. The molecule has 19 heavy (non-hydrogen) atoms. The number of carbonyl (C=O) groups excluding carboxylic acids is 1. The highest BCUT2D eigenvalue weighted by atomic mass is 16.1. The van der Waals surface area contributed by atoms with Crippen molar-refractivity contribution in [2.75, 3.05) is 13.1 Å². The normalized spacial score (nSPS) is 23.1. The lowest BCUT2D eigenvalue weighted by atomic mass is 9.92. The van der Waals surface area contributed by atoms with Crippen LogP contribution in [0.2, 0.25) is 0 Å². The molecule has 104 valence electrons. The first-order valence-electron chi connectivity index (χ1n) is 7.22. The second kappa shape index (κ2) is 6.71. The van der Waals surface area contributed by atoms with Gasteiger partial charge in [0.25, 0.3) is 0 Å². The summed E-state index contributed by atoms with van der Waals surface area (Å²) in [5.41, 5.74) is 2.56. The van der Waals surface area contributed by atoms with E-state index in [1.54, 1.807) is 0 Å². The van der Waals surface area contributed by atoms with Gasteiger partial charge in [-0.1, -0.05) is 29.8 Å². The largest absolute Gasteiger partial charge is 0.356 e. The molecule has 1 amide bonds. The smallest absolute Gasteiger partial charge is 0.223 e. The predicted molar refractivity (Wildman–Crippen MR) is 78.1 cm³/mol. The molecular weight excluding hydrogens is 236 g/mol. The molecule has 1 fully saturated rings. The van der Waals surface area contributed by atoms with Crippen molar-refractivity contribution in [3.63, 3.8) is 0 Å². The van der Waals surface area contributed by atoms with E-state index in [1.165, 1.54) is 11.1 Å². The van der Waals surface area contributed by atoms with Crippen molar-refractivity contribution >= 4 is 5.91 Å². The first-order valence-corrected chi connectivity index (χ1v) is 7.22. The monoisotopic (exact) mass is 260 g/mol. The highest BCUT2D eigenvalue weighted by molar-refractivity contribution is 5.78. The average Bonchev–Trinajstić information content (AvgIpc) is 2.38. The number of carbonyl (C=O) groups is 1. The summed E-state index contributed by atoms with van der Waals surface area (Å²) in [6, 6.07) is 8.92. The molecule has 0 aromatic heterocycles. The summed E-state index contributed by atoms with van der Waals surface area (Å²) in [5.74, 6) is 0.412. The molecule has 0 unspecified atom stereocenters. The molecule has 0 bridgehead atoms. The van der Waals surface area contributed by atoms with Gasteiger partial charge in [0.1, 0.15) is 0 Å². The summed E-state index contributed by atoms with van der Waals surface area (Å²) in [7, 11) is 0. The summed E-state index contributed by atoms with van der Waals surface area (Å²) in [6.07, 6.45) is 2.82. The standard InChI is InChI=1S/C16H24N2O/c1-12-4-3-5-14(10-12)6-8-18-16(19)15-7-9-17-13(2)11-15/h3-5,10,13,15,17H,6-9,11H2,1-2H3,(H,18,19)/t13-,15-/m0/s1. The van der Waals surface area contributed by atoms with Gasteiger partial charge in [-0.15, -0.1) is 0 Å². The lowest BCUT2D eigenvalue weighted by Crippen LogP contribution is -2.42. The Morgan fingerprint density at radius 3 is 3.05 bits per heavy atom. The third kappa shape index (κ3) is 4.35. The first-order chi connectivity index (χ1) is 9.15. The molecular formula is C16H24N2O. The number of aryl methyl sites for hydroxylation is 1. The molecule has 1 aliphatic rings. The van der Waals surface area contributed by atoms with Crippen LogP contribution >= 0.6 is 0 Å². The Morgan fingerprint density at radius 1 is 1.47 bits per heavy atom. The third-order valence-corrected chi connectivity index (χ3v) is 3.79. The SMILES string of the molecule is Cc1cccc(CCNC(=O)[C@H]2CCN[C@@H](C)C2)c1. The van der Waals surface area contributed by atoms with E-state index >= 15 is 0 Å². The van der Waals surface area contributed by atoms with Crippen LogP contribution in [0.1, 0.15) is 30.9 Å². The Bertz CT molecular complexity index is 431. The van der Waals surface area contributed by atoms with E-state index < -0.39 is 0 Å². The number of rotatable bonds is 4.